The number of hydrogen-bond donors (Lipinski definition) is 2. The zero-order valence-electron chi connectivity index (χ0n) is 13.1. The number of amides is 1. The van der Waals surface area contributed by atoms with Crippen LogP contribution in [-0.2, 0) is 21.4 Å². The Hall–Kier alpha value is -1.93. The van der Waals surface area contributed by atoms with E-state index >= 15 is 0 Å². The summed E-state index contributed by atoms with van der Waals surface area (Å²) in [6.07, 6.45) is 0. The summed E-state index contributed by atoms with van der Waals surface area (Å²) in [6.45, 7) is 1.42. The summed E-state index contributed by atoms with van der Waals surface area (Å²) in [4.78, 5) is 11.8. The number of nitrogens with one attached hydrogen (secondary N) is 1. The fourth-order valence-electron chi connectivity index (χ4n) is 2.11. The molecule has 0 aliphatic heterocycles. The molecule has 128 valence electrons. The summed E-state index contributed by atoms with van der Waals surface area (Å²) < 4.78 is 26.8. The summed E-state index contributed by atoms with van der Waals surface area (Å²) >= 11 is 6.11. The highest BCUT2D eigenvalue weighted by atomic mass is 35.5. The summed E-state index contributed by atoms with van der Waals surface area (Å²) in [7, 11) is -3.88. The first-order valence-corrected chi connectivity index (χ1v) is 8.96. The first-order valence-electron chi connectivity index (χ1n) is 7.14. The number of nitrogens with two attached hydrogens (primary N) is 1. The van der Waals surface area contributed by atoms with Gasteiger partial charge in [-0.15, -0.1) is 0 Å². The average Bonchev–Trinajstić information content (AvgIpc) is 2.56. The lowest BCUT2D eigenvalue weighted by molar-refractivity contribution is -0.121. The summed E-state index contributed by atoms with van der Waals surface area (Å²) in [5.74, 6) is 4.49. The third-order valence-corrected chi connectivity index (χ3v) is 5.62. The van der Waals surface area contributed by atoms with Gasteiger partial charge < -0.3 is 0 Å². The molecule has 0 radical (unpaired) electrons. The average molecular weight is 368 g/mol. The number of aryl methyl sites for hydroxylation is 1. The lowest BCUT2D eigenvalue weighted by atomic mass is 10.2. The number of carbonyl (C=O) groups excluding carboxylic acids is 1. The molecule has 6 nitrogen and oxygen atoms in total. The number of halogens is 1. The van der Waals surface area contributed by atoms with E-state index in [-0.39, 0.29) is 11.4 Å². The SMILES string of the molecule is Cc1ccc(S(=O)(=O)N(CC(=O)NN)Cc2ccccc2Cl)cc1. The monoisotopic (exact) mass is 367 g/mol. The smallest absolute Gasteiger partial charge is 0.249 e. The van der Waals surface area contributed by atoms with Crippen LogP contribution in [0.4, 0.5) is 0 Å². The van der Waals surface area contributed by atoms with Gasteiger partial charge in [0.15, 0.2) is 0 Å². The fourth-order valence-corrected chi connectivity index (χ4v) is 3.68. The first kappa shape index (κ1) is 18.4. The van der Waals surface area contributed by atoms with Crippen LogP contribution < -0.4 is 11.3 Å². The molecule has 1 amide bonds. The minimum Gasteiger partial charge on any atom is -0.293 e. The van der Waals surface area contributed by atoms with Crippen LogP contribution in [0.5, 0.6) is 0 Å². The molecule has 0 fully saturated rings. The molecule has 2 rings (SSSR count). The van der Waals surface area contributed by atoms with Crippen LogP contribution >= 0.6 is 11.6 Å². The standard InChI is InChI=1S/C16H18ClN3O3S/c1-12-6-8-14(9-7-12)24(22,23)20(11-16(21)19-18)10-13-4-2-3-5-15(13)17/h2-9H,10-11,18H2,1H3,(H,19,21). The second-order valence-corrected chi connectivity index (χ2v) is 7.59. The van der Waals surface area contributed by atoms with Gasteiger partial charge in [0.1, 0.15) is 0 Å². The highest BCUT2D eigenvalue weighted by Crippen LogP contribution is 2.22. The molecule has 0 unspecified atom stereocenters. The molecule has 24 heavy (non-hydrogen) atoms. The largest absolute Gasteiger partial charge is 0.293 e. The molecule has 2 aromatic rings. The normalized spacial score (nSPS) is 11.5. The van der Waals surface area contributed by atoms with E-state index in [1.807, 2.05) is 12.3 Å². The molecule has 0 bridgehead atoms. The van der Waals surface area contributed by atoms with Gasteiger partial charge in [-0.05, 0) is 30.7 Å². The molecule has 0 aromatic heterocycles. The van der Waals surface area contributed by atoms with Gasteiger partial charge in [-0.25, -0.2) is 14.3 Å². The predicted molar refractivity (Wildman–Crippen MR) is 92.6 cm³/mol. The highest BCUT2D eigenvalue weighted by Gasteiger charge is 2.27. The van der Waals surface area contributed by atoms with E-state index in [0.29, 0.717) is 10.6 Å². The van der Waals surface area contributed by atoms with Crippen molar-refractivity contribution < 1.29 is 13.2 Å². The molecule has 0 aliphatic carbocycles. The Balaban J connectivity index is 2.39. The minimum absolute atomic E-state index is 0.0384. The van der Waals surface area contributed by atoms with Crippen LogP contribution in [0.3, 0.4) is 0 Å². The summed E-state index contributed by atoms with van der Waals surface area (Å²) in [6, 6.07) is 13.3. The number of nitrogens with zero attached hydrogens (tertiary/aromatic N) is 1. The van der Waals surface area contributed by atoms with Crippen molar-refractivity contribution in [2.45, 2.75) is 18.4 Å². The Kier molecular flexibility index (Phi) is 5.95. The van der Waals surface area contributed by atoms with Crippen LogP contribution in [0.1, 0.15) is 11.1 Å². The van der Waals surface area contributed by atoms with Gasteiger partial charge in [0.05, 0.1) is 11.4 Å². The van der Waals surface area contributed by atoms with E-state index in [0.717, 1.165) is 9.87 Å². The number of hydrazine groups is 1. The molecule has 8 heteroatoms. The zero-order valence-corrected chi connectivity index (χ0v) is 14.6. The Labute approximate surface area is 146 Å². The van der Waals surface area contributed by atoms with E-state index in [4.69, 9.17) is 17.4 Å². The van der Waals surface area contributed by atoms with E-state index in [1.165, 1.54) is 12.1 Å². The van der Waals surface area contributed by atoms with Crippen molar-refractivity contribution in [3.63, 3.8) is 0 Å². The molecule has 0 atom stereocenters. The van der Waals surface area contributed by atoms with Crippen LogP contribution in [0.2, 0.25) is 5.02 Å². The third kappa shape index (κ3) is 4.33. The van der Waals surface area contributed by atoms with Gasteiger partial charge in [-0.3, -0.25) is 10.2 Å². The van der Waals surface area contributed by atoms with E-state index in [2.05, 4.69) is 0 Å². The molecule has 0 saturated carbocycles. The van der Waals surface area contributed by atoms with Gasteiger partial charge in [0, 0.05) is 11.6 Å². The Morgan fingerprint density at radius 2 is 1.79 bits per heavy atom. The van der Waals surface area contributed by atoms with Crippen LogP contribution in [-0.4, -0.2) is 25.2 Å². The van der Waals surface area contributed by atoms with Gasteiger partial charge in [-0.1, -0.05) is 47.5 Å². The van der Waals surface area contributed by atoms with E-state index < -0.39 is 22.5 Å². The maximum absolute atomic E-state index is 12.9. The fraction of sp³-hybridized carbons (Fsp3) is 0.188. The summed E-state index contributed by atoms with van der Waals surface area (Å²) in [5, 5.41) is 0.426. The third-order valence-electron chi connectivity index (χ3n) is 3.44. The molecule has 0 heterocycles. The van der Waals surface area contributed by atoms with Gasteiger partial charge in [-0.2, -0.15) is 4.31 Å². The molecular weight excluding hydrogens is 350 g/mol. The quantitative estimate of drug-likeness (QED) is 0.463. The van der Waals surface area contributed by atoms with Crippen molar-refractivity contribution in [3.8, 4) is 0 Å². The van der Waals surface area contributed by atoms with Crippen molar-refractivity contribution in [3.05, 3.63) is 64.7 Å². The second-order valence-electron chi connectivity index (χ2n) is 5.25. The molecule has 0 spiro atoms. The Bertz CT molecular complexity index is 823. The topological polar surface area (TPSA) is 92.5 Å². The van der Waals surface area contributed by atoms with Crippen LogP contribution in [0, 0.1) is 6.92 Å². The Morgan fingerprint density at radius 1 is 1.17 bits per heavy atom. The van der Waals surface area contributed by atoms with E-state index in [1.54, 1.807) is 36.4 Å². The van der Waals surface area contributed by atoms with Gasteiger partial charge in [0.25, 0.3) is 0 Å². The Morgan fingerprint density at radius 3 is 2.38 bits per heavy atom. The molecular formula is C16H18ClN3O3S. The number of benzene rings is 2. The van der Waals surface area contributed by atoms with Gasteiger partial charge in [0.2, 0.25) is 15.9 Å². The van der Waals surface area contributed by atoms with Crippen molar-refractivity contribution in [1.29, 1.82) is 0 Å². The van der Waals surface area contributed by atoms with Crippen molar-refractivity contribution in [2.24, 2.45) is 5.84 Å². The zero-order chi connectivity index (χ0) is 17.7. The minimum atomic E-state index is -3.88. The van der Waals surface area contributed by atoms with Crippen molar-refractivity contribution >= 4 is 27.5 Å². The maximum atomic E-state index is 12.9. The number of hydrogen-bond acceptors (Lipinski definition) is 4. The highest BCUT2D eigenvalue weighted by molar-refractivity contribution is 7.89. The molecule has 0 aliphatic rings. The first-order chi connectivity index (χ1) is 11.3. The van der Waals surface area contributed by atoms with Crippen molar-refractivity contribution in [2.75, 3.05) is 6.54 Å². The van der Waals surface area contributed by atoms with Crippen molar-refractivity contribution in [1.82, 2.24) is 9.73 Å². The molecule has 2 aromatic carbocycles. The summed E-state index contributed by atoms with van der Waals surface area (Å²) in [5.41, 5.74) is 3.48. The lowest BCUT2D eigenvalue weighted by Crippen LogP contribution is -2.42. The van der Waals surface area contributed by atoms with Crippen LogP contribution in [0.15, 0.2) is 53.4 Å². The number of rotatable bonds is 6. The van der Waals surface area contributed by atoms with E-state index in [9.17, 15) is 13.2 Å². The predicted octanol–water partition coefficient (Wildman–Crippen LogP) is 1.83. The molecule has 0 saturated heterocycles. The second kappa shape index (κ2) is 7.76. The maximum Gasteiger partial charge on any atom is 0.249 e. The number of sulfonamides is 1. The van der Waals surface area contributed by atoms with Crippen LogP contribution in [0.25, 0.3) is 0 Å². The number of carbonyl (C=O) groups is 1. The lowest BCUT2D eigenvalue weighted by Gasteiger charge is -2.22. The molecule has 3 N–H and O–H groups in total. The van der Waals surface area contributed by atoms with Gasteiger partial charge >= 0.3 is 0 Å².